The van der Waals surface area contributed by atoms with Crippen molar-refractivity contribution in [3.8, 4) is 6.07 Å². The van der Waals surface area contributed by atoms with Gasteiger partial charge in [0.2, 0.25) is 5.91 Å². The normalized spacial score (nSPS) is 10.3. The second kappa shape index (κ2) is 6.56. The molecular weight excluding hydrogens is 316 g/mol. The molecule has 2 heterocycles. The Morgan fingerprint density at radius 1 is 1.36 bits per heavy atom. The summed E-state index contributed by atoms with van der Waals surface area (Å²) in [4.78, 5) is 20.4. The summed E-state index contributed by atoms with van der Waals surface area (Å²) in [5, 5.41) is 14.4. The van der Waals surface area contributed by atoms with E-state index in [0.29, 0.717) is 11.3 Å². The number of fused-ring (bicyclic) bond motifs is 1. The number of hydrogen-bond acceptors (Lipinski definition) is 6. The summed E-state index contributed by atoms with van der Waals surface area (Å²) in [6.45, 7) is 0. The fraction of sp³-hybridized carbons (Fsp3) is 0.0667. The average molecular weight is 326 g/mol. The van der Waals surface area contributed by atoms with Crippen LogP contribution in [0.25, 0.3) is 10.2 Å². The number of amides is 1. The summed E-state index contributed by atoms with van der Waals surface area (Å²) < 4.78 is 0.992. The molecular formula is C15H10N4OS2. The third-order valence-corrected chi connectivity index (χ3v) is 4.85. The van der Waals surface area contributed by atoms with Gasteiger partial charge in [0.05, 0.1) is 27.6 Å². The van der Waals surface area contributed by atoms with Gasteiger partial charge in [0.1, 0.15) is 11.4 Å². The summed E-state index contributed by atoms with van der Waals surface area (Å²) >= 11 is 2.94. The predicted octanol–water partition coefficient (Wildman–Crippen LogP) is 3.29. The van der Waals surface area contributed by atoms with Gasteiger partial charge >= 0.3 is 0 Å². The molecule has 1 N–H and O–H groups in total. The summed E-state index contributed by atoms with van der Waals surface area (Å²) in [5.74, 6) is 0.115. The molecule has 0 saturated heterocycles. The highest BCUT2D eigenvalue weighted by Crippen LogP contribution is 2.28. The molecule has 0 radical (unpaired) electrons. The Morgan fingerprint density at radius 3 is 3.14 bits per heavy atom. The number of rotatable bonds is 4. The molecule has 0 fully saturated rings. The van der Waals surface area contributed by atoms with E-state index in [1.54, 1.807) is 35.6 Å². The predicted molar refractivity (Wildman–Crippen MR) is 87.9 cm³/mol. The van der Waals surface area contributed by atoms with Crippen molar-refractivity contribution in [3.63, 3.8) is 0 Å². The molecule has 22 heavy (non-hydrogen) atoms. The first kappa shape index (κ1) is 14.5. The monoisotopic (exact) mass is 326 g/mol. The molecule has 0 spiro atoms. The smallest absolute Gasteiger partial charge is 0.234 e. The molecule has 1 amide bonds. The third-order valence-electron chi connectivity index (χ3n) is 2.83. The van der Waals surface area contributed by atoms with Gasteiger partial charge in [0.25, 0.3) is 0 Å². The Morgan fingerprint density at radius 2 is 2.27 bits per heavy atom. The van der Waals surface area contributed by atoms with Gasteiger partial charge in [-0.15, -0.1) is 11.3 Å². The van der Waals surface area contributed by atoms with E-state index >= 15 is 0 Å². The SMILES string of the molecule is N#Cc1cccc(NC(=O)CSc2ncnc3ccsc23)c1. The van der Waals surface area contributed by atoms with E-state index < -0.39 is 0 Å². The maximum absolute atomic E-state index is 12.0. The fourth-order valence-electron chi connectivity index (χ4n) is 1.87. The van der Waals surface area contributed by atoms with Crippen LogP contribution in [-0.2, 0) is 4.79 Å². The van der Waals surface area contributed by atoms with Crippen molar-refractivity contribution in [2.45, 2.75) is 5.03 Å². The van der Waals surface area contributed by atoms with Gasteiger partial charge in [-0.1, -0.05) is 17.8 Å². The van der Waals surface area contributed by atoms with Crippen molar-refractivity contribution in [3.05, 3.63) is 47.6 Å². The maximum Gasteiger partial charge on any atom is 0.234 e. The number of benzene rings is 1. The lowest BCUT2D eigenvalue weighted by molar-refractivity contribution is -0.113. The second-order valence-electron chi connectivity index (χ2n) is 4.34. The van der Waals surface area contributed by atoms with Crippen molar-refractivity contribution < 1.29 is 4.79 Å². The molecule has 1 aromatic carbocycles. The van der Waals surface area contributed by atoms with E-state index in [1.165, 1.54) is 18.1 Å². The summed E-state index contributed by atoms with van der Waals surface area (Å²) in [7, 11) is 0. The van der Waals surface area contributed by atoms with Crippen LogP contribution in [0.4, 0.5) is 5.69 Å². The van der Waals surface area contributed by atoms with Crippen molar-refractivity contribution in [1.82, 2.24) is 9.97 Å². The molecule has 3 rings (SSSR count). The number of thiophene rings is 1. The Hall–Kier alpha value is -2.43. The first-order valence-electron chi connectivity index (χ1n) is 6.37. The Labute approximate surface area is 135 Å². The van der Waals surface area contributed by atoms with Crippen LogP contribution in [0.3, 0.4) is 0 Å². The van der Waals surface area contributed by atoms with Crippen LogP contribution in [0, 0.1) is 11.3 Å². The van der Waals surface area contributed by atoms with Crippen LogP contribution in [0.5, 0.6) is 0 Å². The Balaban J connectivity index is 1.65. The first-order valence-corrected chi connectivity index (χ1v) is 8.24. The Kier molecular flexibility index (Phi) is 4.32. The van der Waals surface area contributed by atoms with E-state index in [-0.39, 0.29) is 11.7 Å². The minimum atomic E-state index is -0.136. The number of anilines is 1. The number of hydrogen-bond donors (Lipinski definition) is 1. The van der Waals surface area contributed by atoms with Crippen molar-refractivity contribution >= 4 is 44.9 Å². The first-order chi connectivity index (χ1) is 10.8. The van der Waals surface area contributed by atoms with Gasteiger partial charge in [-0.3, -0.25) is 4.79 Å². The fourth-order valence-corrected chi connectivity index (χ4v) is 3.61. The summed E-state index contributed by atoms with van der Waals surface area (Å²) in [6.07, 6.45) is 1.51. The largest absolute Gasteiger partial charge is 0.325 e. The zero-order valence-corrected chi connectivity index (χ0v) is 12.9. The average Bonchev–Trinajstić information content (AvgIpc) is 3.02. The number of carbonyl (C=O) groups excluding carboxylic acids is 1. The van der Waals surface area contributed by atoms with Crippen LogP contribution in [0.2, 0.25) is 0 Å². The molecule has 0 bridgehead atoms. The molecule has 3 aromatic rings. The molecule has 5 nitrogen and oxygen atoms in total. The third kappa shape index (κ3) is 3.24. The standard InChI is InChI=1S/C15H10N4OS2/c16-7-10-2-1-3-11(6-10)19-13(20)8-22-15-14-12(4-5-21-14)17-9-18-15/h1-6,9H,8H2,(H,19,20). The van der Waals surface area contributed by atoms with Crippen LogP contribution >= 0.6 is 23.1 Å². The molecule has 2 aromatic heterocycles. The minimum absolute atomic E-state index is 0.136. The van der Waals surface area contributed by atoms with Gasteiger partial charge in [0, 0.05) is 5.69 Å². The van der Waals surface area contributed by atoms with Crippen LogP contribution in [0.1, 0.15) is 5.56 Å². The lowest BCUT2D eigenvalue weighted by Gasteiger charge is -2.05. The number of nitriles is 1. The van der Waals surface area contributed by atoms with Crippen LogP contribution in [0.15, 0.2) is 47.1 Å². The molecule has 7 heteroatoms. The molecule has 0 saturated carbocycles. The molecule has 108 valence electrons. The van der Waals surface area contributed by atoms with E-state index in [9.17, 15) is 4.79 Å². The molecule has 0 aliphatic rings. The van der Waals surface area contributed by atoms with E-state index in [2.05, 4.69) is 15.3 Å². The van der Waals surface area contributed by atoms with Crippen molar-refractivity contribution in [2.24, 2.45) is 0 Å². The maximum atomic E-state index is 12.0. The van der Waals surface area contributed by atoms with Gasteiger partial charge < -0.3 is 5.32 Å². The van der Waals surface area contributed by atoms with Gasteiger partial charge in [-0.2, -0.15) is 5.26 Å². The number of nitrogens with zero attached hydrogens (tertiary/aromatic N) is 3. The van der Waals surface area contributed by atoms with Crippen LogP contribution in [-0.4, -0.2) is 21.6 Å². The molecule has 0 atom stereocenters. The zero-order chi connectivity index (χ0) is 15.4. The topological polar surface area (TPSA) is 78.7 Å². The van der Waals surface area contributed by atoms with E-state index in [1.807, 2.05) is 17.5 Å². The number of aromatic nitrogens is 2. The number of thioether (sulfide) groups is 1. The second-order valence-corrected chi connectivity index (χ2v) is 6.22. The summed E-state index contributed by atoms with van der Waals surface area (Å²) in [5.41, 5.74) is 2.03. The quantitative estimate of drug-likeness (QED) is 0.588. The highest BCUT2D eigenvalue weighted by Gasteiger charge is 2.09. The van der Waals surface area contributed by atoms with Gasteiger partial charge in [-0.25, -0.2) is 9.97 Å². The van der Waals surface area contributed by atoms with Crippen molar-refractivity contribution in [2.75, 3.05) is 11.1 Å². The van der Waals surface area contributed by atoms with Crippen molar-refractivity contribution in [1.29, 1.82) is 5.26 Å². The zero-order valence-electron chi connectivity index (χ0n) is 11.3. The van der Waals surface area contributed by atoms with E-state index in [0.717, 1.165) is 15.2 Å². The Bertz CT molecular complexity index is 869. The molecule has 0 unspecified atom stereocenters. The lowest BCUT2D eigenvalue weighted by atomic mass is 10.2. The number of nitrogens with one attached hydrogen (secondary N) is 1. The minimum Gasteiger partial charge on any atom is -0.325 e. The highest BCUT2D eigenvalue weighted by atomic mass is 32.2. The summed E-state index contributed by atoms with van der Waals surface area (Å²) in [6, 6.07) is 10.8. The lowest BCUT2D eigenvalue weighted by Crippen LogP contribution is -2.14. The highest BCUT2D eigenvalue weighted by molar-refractivity contribution is 8.00. The van der Waals surface area contributed by atoms with Crippen LogP contribution < -0.4 is 5.32 Å². The van der Waals surface area contributed by atoms with Gasteiger partial charge in [0.15, 0.2) is 0 Å². The van der Waals surface area contributed by atoms with E-state index in [4.69, 9.17) is 5.26 Å². The molecule has 0 aliphatic heterocycles. The van der Waals surface area contributed by atoms with Gasteiger partial charge in [-0.05, 0) is 29.6 Å². The molecule has 0 aliphatic carbocycles. The number of carbonyl (C=O) groups is 1.